The van der Waals surface area contributed by atoms with E-state index < -0.39 is 0 Å². The van der Waals surface area contributed by atoms with Gasteiger partial charge in [-0.1, -0.05) is 23.4 Å². The Morgan fingerprint density at radius 2 is 2.42 bits per heavy atom. The van der Waals surface area contributed by atoms with Crippen molar-refractivity contribution in [2.75, 3.05) is 25.1 Å². The number of anilines is 1. The van der Waals surface area contributed by atoms with Gasteiger partial charge in [0.05, 0.1) is 24.8 Å². The van der Waals surface area contributed by atoms with Gasteiger partial charge >= 0.3 is 0 Å². The van der Waals surface area contributed by atoms with Gasteiger partial charge in [0, 0.05) is 17.2 Å². The number of nitrogens with two attached hydrogens (primary N) is 1. The summed E-state index contributed by atoms with van der Waals surface area (Å²) in [6.45, 7) is 1.37. The van der Waals surface area contributed by atoms with Gasteiger partial charge in [0.25, 0.3) is 0 Å². The van der Waals surface area contributed by atoms with Crippen LogP contribution in [-0.4, -0.2) is 25.7 Å². The fourth-order valence-corrected chi connectivity index (χ4v) is 2.02. The number of amides is 1. The first kappa shape index (κ1) is 13.9. The zero-order valence-corrected chi connectivity index (χ0v) is 11.2. The Balaban J connectivity index is 2.16. The molecule has 1 atom stereocenters. The van der Waals surface area contributed by atoms with Crippen LogP contribution in [0.25, 0.3) is 0 Å². The first-order valence-electron chi connectivity index (χ1n) is 6.08. The minimum Gasteiger partial charge on any atom is -0.381 e. The van der Waals surface area contributed by atoms with Crippen LogP contribution in [-0.2, 0) is 9.53 Å². The number of benzene rings is 1. The summed E-state index contributed by atoms with van der Waals surface area (Å²) in [6, 6.07) is 5.18. The number of hydrogen-bond acceptors (Lipinski definition) is 3. The quantitative estimate of drug-likeness (QED) is 0.808. The highest BCUT2D eigenvalue weighted by Gasteiger charge is 2.23. The van der Waals surface area contributed by atoms with Crippen molar-refractivity contribution in [1.29, 1.82) is 0 Å². The Hall–Kier alpha value is -1.54. The molecule has 0 spiro atoms. The van der Waals surface area contributed by atoms with Gasteiger partial charge in [-0.15, -0.1) is 0 Å². The molecule has 3 N–H and O–H groups in total. The second-order valence-electron chi connectivity index (χ2n) is 4.25. The van der Waals surface area contributed by atoms with Gasteiger partial charge in [-0.3, -0.25) is 4.79 Å². The summed E-state index contributed by atoms with van der Waals surface area (Å²) in [6.07, 6.45) is 0.753. The fraction of sp³-hybridized carbons (Fsp3) is 0.357. The number of halogens is 1. The highest BCUT2D eigenvalue weighted by atomic mass is 35.5. The van der Waals surface area contributed by atoms with E-state index in [1.54, 1.807) is 18.2 Å². The normalized spacial score (nSPS) is 17.7. The lowest BCUT2D eigenvalue weighted by molar-refractivity contribution is -0.119. The summed E-state index contributed by atoms with van der Waals surface area (Å²) in [7, 11) is 0. The predicted octanol–water partition coefficient (Wildman–Crippen LogP) is 1.63. The first-order valence-corrected chi connectivity index (χ1v) is 6.45. The van der Waals surface area contributed by atoms with Crippen LogP contribution in [0.2, 0.25) is 5.02 Å². The highest BCUT2D eigenvalue weighted by molar-refractivity contribution is 6.30. The third kappa shape index (κ3) is 3.71. The van der Waals surface area contributed by atoms with Crippen molar-refractivity contribution in [3.8, 4) is 11.8 Å². The lowest BCUT2D eigenvalue weighted by Gasteiger charge is -2.11. The van der Waals surface area contributed by atoms with Gasteiger partial charge < -0.3 is 15.8 Å². The molecule has 0 bridgehead atoms. The van der Waals surface area contributed by atoms with Gasteiger partial charge in [0.2, 0.25) is 5.91 Å². The van der Waals surface area contributed by atoms with E-state index in [9.17, 15) is 4.79 Å². The van der Waals surface area contributed by atoms with Crippen LogP contribution in [0.3, 0.4) is 0 Å². The average molecular weight is 279 g/mol. The molecule has 2 rings (SSSR count). The summed E-state index contributed by atoms with van der Waals surface area (Å²) < 4.78 is 5.20. The Kier molecular flexibility index (Phi) is 4.80. The van der Waals surface area contributed by atoms with Gasteiger partial charge in [0.15, 0.2) is 0 Å². The average Bonchev–Trinajstić information content (AvgIpc) is 2.93. The Bertz CT molecular complexity index is 528. The zero-order chi connectivity index (χ0) is 13.7. The topological polar surface area (TPSA) is 64.3 Å². The molecule has 100 valence electrons. The number of rotatable bonds is 2. The molecule has 1 aromatic carbocycles. The third-order valence-corrected chi connectivity index (χ3v) is 3.10. The fourth-order valence-electron chi connectivity index (χ4n) is 1.85. The minimum atomic E-state index is -0.0917. The molecule has 0 aliphatic carbocycles. The number of nitrogens with one attached hydrogen (secondary N) is 1. The lowest BCUT2D eigenvalue weighted by Crippen LogP contribution is -2.23. The molecule has 1 amide bonds. The maximum atomic E-state index is 12.0. The van der Waals surface area contributed by atoms with E-state index in [0.717, 1.165) is 6.42 Å². The van der Waals surface area contributed by atoms with Crippen LogP contribution in [0, 0.1) is 17.8 Å². The third-order valence-electron chi connectivity index (χ3n) is 2.87. The Morgan fingerprint density at radius 3 is 3.11 bits per heavy atom. The summed E-state index contributed by atoms with van der Waals surface area (Å²) >= 11 is 5.93. The first-order chi connectivity index (χ1) is 9.20. The molecule has 1 aliphatic heterocycles. The predicted molar refractivity (Wildman–Crippen MR) is 74.9 cm³/mol. The standard InChI is InChI=1S/C14H15ClN2O2/c15-12-3-4-13(10(8-12)2-1-6-16)17-14(18)11-5-7-19-9-11/h3-4,8,11H,5-7,9,16H2,(H,17,18). The van der Waals surface area contributed by atoms with Crippen molar-refractivity contribution in [1.82, 2.24) is 0 Å². The van der Waals surface area contributed by atoms with E-state index in [2.05, 4.69) is 17.2 Å². The smallest absolute Gasteiger partial charge is 0.229 e. The number of hydrogen-bond donors (Lipinski definition) is 2. The SMILES string of the molecule is NCC#Cc1cc(Cl)ccc1NC(=O)C1CCOC1. The summed E-state index contributed by atoms with van der Waals surface area (Å²) in [5.41, 5.74) is 6.68. The monoisotopic (exact) mass is 278 g/mol. The van der Waals surface area contributed by atoms with Crippen LogP contribution < -0.4 is 11.1 Å². The minimum absolute atomic E-state index is 0.0457. The molecule has 4 nitrogen and oxygen atoms in total. The Morgan fingerprint density at radius 1 is 1.58 bits per heavy atom. The summed E-state index contributed by atoms with van der Waals surface area (Å²) in [5.74, 6) is 5.52. The van der Waals surface area contributed by atoms with E-state index in [4.69, 9.17) is 22.1 Å². The number of carbonyl (C=O) groups is 1. The molecule has 1 unspecified atom stereocenters. The van der Waals surface area contributed by atoms with Crippen molar-refractivity contribution in [3.05, 3.63) is 28.8 Å². The molecule has 5 heteroatoms. The van der Waals surface area contributed by atoms with Crippen molar-refractivity contribution in [2.45, 2.75) is 6.42 Å². The second kappa shape index (κ2) is 6.58. The molecule has 1 aromatic rings. The molecule has 1 saturated heterocycles. The highest BCUT2D eigenvalue weighted by Crippen LogP contribution is 2.22. The van der Waals surface area contributed by atoms with Gasteiger partial charge in [-0.2, -0.15) is 0 Å². The molecule has 19 heavy (non-hydrogen) atoms. The molecule has 0 aromatic heterocycles. The van der Waals surface area contributed by atoms with Crippen LogP contribution >= 0.6 is 11.6 Å². The molecule has 1 aliphatic rings. The van der Waals surface area contributed by atoms with Crippen molar-refractivity contribution < 1.29 is 9.53 Å². The maximum absolute atomic E-state index is 12.0. The lowest BCUT2D eigenvalue weighted by atomic mass is 10.1. The molecule has 1 fully saturated rings. The summed E-state index contributed by atoms with van der Waals surface area (Å²) in [4.78, 5) is 12.0. The largest absolute Gasteiger partial charge is 0.381 e. The van der Waals surface area contributed by atoms with E-state index in [1.165, 1.54) is 0 Å². The van der Waals surface area contributed by atoms with Crippen LogP contribution in [0.1, 0.15) is 12.0 Å². The van der Waals surface area contributed by atoms with Crippen LogP contribution in [0.15, 0.2) is 18.2 Å². The van der Waals surface area contributed by atoms with Crippen molar-refractivity contribution in [3.63, 3.8) is 0 Å². The van der Waals surface area contributed by atoms with Gasteiger partial charge in [-0.25, -0.2) is 0 Å². The van der Waals surface area contributed by atoms with Crippen molar-refractivity contribution >= 4 is 23.2 Å². The van der Waals surface area contributed by atoms with E-state index >= 15 is 0 Å². The van der Waals surface area contributed by atoms with Crippen molar-refractivity contribution in [2.24, 2.45) is 11.7 Å². The molecular weight excluding hydrogens is 264 g/mol. The molecule has 0 saturated carbocycles. The molecular formula is C14H15ClN2O2. The van der Waals surface area contributed by atoms with Gasteiger partial charge in [-0.05, 0) is 24.6 Å². The van der Waals surface area contributed by atoms with E-state index in [-0.39, 0.29) is 18.4 Å². The van der Waals surface area contributed by atoms with Crippen LogP contribution in [0.4, 0.5) is 5.69 Å². The summed E-state index contributed by atoms with van der Waals surface area (Å²) in [5, 5.41) is 3.44. The molecule has 0 radical (unpaired) electrons. The van der Waals surface area contributed by atoms with Crippen LogP contribution in [0.5, 0.6) is 0 Å². The van der Waals surface area contributed by atoms with E-state index in [1.807, 2.05) is 0 Å². The van der Waals surface area contributed by atoms with Gasteiger partial charge in [0.1, 0.15) is 0 Å². The maximum Gasteiger partial charge on any atom is 0.229 e. The van der Waals surface area contributed by atoms with E-state index in [0.29, 0.717) is 29.5 Å². The number of carbonyl (C=O) groups excluding carboxylic acids is 1. The molecule has 1 heterocycles. The second-order valence-corrected chi connectivity index (χ2v) is 4.68. The zero-order valence-electron chi connectivity index (χ0n) is 10.4. The Labute approximate surface area is 117 Å². The number of ether oxygens (including phenoxy) is 1.